The van der Waals surface area contributed by atoms with Crippen LogP contribution in [0.25, 0.3) is 0 Å². The zero-order chi connectivity index (χ0) is 14.5. The van der Waals surface area contributed by atoms with Crippen molar-refractivity contribution in [3.05, 3.63) is 57.8 Å². The number of aryl methyl sites for hydroxylation is 1. The molecule has 0 unspecified atom stereocenters. The highest BCUT2D eigenvalue weighted by atomic mass is 79.9. The van der Waals surface area contributed by atoms with Gasteiger partial charge < -0.3 is 10.1 Å². The highest BCUT2D eigenvalue weighted by Gasteiger charge is 2.09. The summed E-state index contributed by atoms with van der Waals surface area (Å²) in [6, 6.07) is 10.9. The van der Waals surface area contributed by atoms with Gasteiger partial charge in [0.15, 0.2) is 11.6 Å². The van der Waals surface area contributed by atoms with Gasteiger partial charge in [0.25, 0.3) is 0 Å². The van der Waals surface area contributed by atoms with E-state index >= 15 is 0 Å². The molecular weight excluding hydrogens is 321 g/mol. The Bertz CT molecular complexity index is 601. The number of ether oxygens (including phenoxy) is 1. The van der Waals surface area contributed by atoms with Crippen LogP contribution < -0.4 is 10.1 Å². The largest absolute Gasteiger partial charge is 0.453 e. The third-order valence-corrected chi connectivity index (χ3v) is 3.57. The lowest BCUT2D eigenvalue weighted by Crippen LogP contribution is -2.11. The summed E-state index contributed by atoms with van der Waals surface area (Å²) in [6.45, 7) is 5.50. The zero-order valence-electron chi connectivity index (χ0n) is 11.5. The van der Waals surface area contributed by atoms with E-state index in [1.807, 2.05) is 18.2 Å². The number of nitrogens with one attached hydrogen (secondary N) is 1. The maximum absolute atomic E-state index is 13.9. The molecule has 2 aromatic rings. The Labute approximate surface area is 127 Å². The van der Waals surface area contributed by atoms with Crippen LogP contribution >= 0.6 is 15.9 Å². The molecule has 0 saturated carbocycles. The molecule has 0 atom stereocenters. The molecule has 2 aromatic carbocycles. The molecule has 0 spiro atoms. The molecule has 0 aromatic heterocycles. The quantitative estimate of drug-likeness (QED) is 0.846. The Hall–Kier alpha value is -1.39. The van der Waals surface area contributed by atoms with Crippen LogP contribution in [0, 0.1) is 12.7 Å². The third-order valence-electron chi connectivity index (χ3n) is 2.95. The number of rotatable bonds is 5. The van der Waals surface area contributed by atoms with Gasteiger partial charge in [0.1, 0.15) is 5.75 Å². The van der Waals surface area contributed by atoms with Crippen molar-refractivity contribution >= 4 is 15.9 Å². The average molecular weight is 338 g/mol. The lowest BCUT2D eigenvalue weighted by atomic mass is 10.2. The van der Waals surface area contributed by atoms with Crippen LogP contribution in [-0.2, 0) is 6.54 Å². The molecule has 0 heterocycles. The predicted octanol–water partition coefficient (Wildman–Crippen LogP) is 4.80. The summed E-state index contributed by atoms with van der Waals surface area (Å²) >= 11 is 3.46. The van der Waals surface area contributed by atoms with Crippen LogP contribution in [0.2, 0.25) is 0 Å². The minimum atomic E-state index is -0.323. The molecule has 4 heteroatoms. The van der Waals surface area contributed by atoms with Gasteiger partial charge in [0.05, 0.1) is 4.47 Å². The summed E-state index contributed by atoms with van der Waals surface area (Å²) in [5, 5.41) is 3.26. The van der Waals surface area contributed by atoms with Crippen LogP contribution in [0.15, 0.2) is 40.9 Å². The van der Waals surface area contributed by atoms with E-state index in [-0.39, 0.29) is 11.6 Å². The van der Waals surface area contributed by atoms with E-state index in [1.54, 1.807) is 25.1 Å². The SMILES string of the molecule is CCNCc1ccc(Oc2cccc(C)c2F)c(Br)c1. The van der Waals surface area contributed by atoms with Crippen molar-refractivity contribution in [3.8, 4) is 11.5 Å². The smallest absolute Gasteiger partial charge is 0.168 e. The molecule has 2 rings (SSSR count). The first-order chi connectivity index (χ1) is 9.61. The topological polar surface area (TPSA) is 21.3 Å². The van der Waals surface area contributed by atoms with Crippen molar-refractivity contribution in [2.24, 2.45) is 0 Å². The summed E-state index contributed by atoms with van der Waals surface area (Å²) in [4.78, 5) is 0. The Morgan fingerprint density at radius 2 is 2.00 bits per heavy atom. The lowest BCUT2D eigenvalue weighted by molar-refractivity contribution is 0.437. The van der Waals surface area contributed by atoms with Crippen molar-refractivity contribution < 1.29 is 9.13 Å². The highest BCUT2D eigenvalue weighted by molar-refractivity contribution is 9.10. The van der Waals surface area contributed by atoms with Gasteiger partial charge in [-0.05, 0) is 58.7 Å². The fourth-order valence-corrected chi connectivity index (χ4v) is 2.33. The van der Waals surface area contributed by atoms with E-state index in [2.05, 4.69) is 28.2 Å². The number of benzene rings is 2. The molecule has 0 saturated heterocycles. The Morgan fingerprint density at radius 1 is 1.20 bits per heavy atom. The van der Waals surface area contributed by atoms with Crippen molar-refractivity contribution in [2.75, 3.05) is 6.54 Å². The van der Waals surface area contributed by atoms with Gasteiger partial charge in [-0.15, -0.1) is 0 Å². The zero-order valence-corrected chi connectivity index (χ0v) is 13.1. The standard InChI is InChI=1S/C16H17BrFNO/c1-3-19-10-12-7-8-14(13(17)9-12)20-15-6-4-5-11(2)16(15)18/h4-9,19H,3,10H2,1-2H3. The van der Waals surface area contributed by atoms with Crippen molar-refractivity contribution in [3.63, 3.8) is 0 Å². The van der Waals surface area contributed by atoms with Crippen LogP contribution in [0.1, 0.15) is 18.1 Å². The predicted molar refractivity (Wildman–Crippen MR) is 82.7 cm³/mol. The van der Waals surface area contributed by atoms with Crippen molar-refractivity contribution in [2.45, 2.75) is 20.4 Å². The maximum Gasteiger partial charge on any atom is 0.168 e. The first-order valence-corrected chi connectivity index (χ1v) is 7.33. The number of halogens is 2. The minimum Gasteiger partial charge on any atom is -0.453 e. The Kier molecular flexibility index (Phi) is 5.15. The second kappa shape index (κ2) is 6.86. The molecule has 20 heavy (non-hydrogen) atoms. The summed E-state index contributed by atoms with van der Waals surface area (Å²) in [6.07, 6.45) is 0. The second-order valence-corrected chi connectivity index (χ2v) is 5.39. The van der Waals surface area contributed by atoms with Crippen LogP contribution in [-0.4, -0.2) is 6.54 Å². The van der Waals surface area contributed by atoms with E-state index in [0.29, 0.717) is 11.3 Å². The molecule has 0 radical (unpaired) electrons. The molecular formula is C16H17BrFNO. The van der Waals surface area contributed by atoms with E-state index in [4.69, 9.17) is 4.74 Å². The number of hydrogen-bond donors (Lipinski definition) is 1. The molecule has 0 fully saturated rings. The van der Waals surface area contributed by atoms with Crippen LogP contribution in [0.4, 0.5) is 4.39 Å². The fourth-order valence-electron chi connectivity index (χ4n) is 1.82. The van der Waals surface area contributed by atoms with Gasteiger partial charge in [-0.3, -0.25) is 0 Å². The summed E-state index contributed by atoms with van der Waals surface area (Å²) in [5.41, 5.74) is 1.72. The minimum absolute atomic E-state index is 0.241. The van der Waals surface area contributed by atoms with Crippen molar-refractivity contribution in [1.29, 1.82) is 0 Å². The molecule has 0 amide bonds. The van der Waals surface area contributed by atoms with Gasteiger partial charge in [-0.2, -0.15) is 0 Å². The van der Waals surface area contributed by atoms with Crippen LogP contribution in [0.3, 0.4) is 0 Å². The summed E-state index contributed by atoms with van der Waals surface area (Å²) < 4.78 is 20.4. The normalized spacial score (nSPS) is 10.6. The fraction of sp³-hybridized carbons (Fsp3) is 0.250. The summed E-state index contributed by atoms with van der Waals surface area (Å²) in [5.74, 6) is 0.524. The van der Waals surface area contributed by atoms with Crippen molar-refractivity contribution in [1.82, 2.24) is 5.32 Å². The lowest BCUT2D eigenvalue weighted by Gasteiger charge is -2.11. The van der Waals surface area contributed by atoms with E-state index < -0.39 is 0 Å². The van der Waals surface area contributed by atoms with Gasteiger partial charge in [-0.25, -0.2) is 4.39 Å². The van der Waals surface area contributed by atoms with E-state index in [1.165, 1.54) is 0 Å². The second-order valence-electron chi connectivity index (χ2n) is 4.53. The molecule has 106 valence electrons. The van der Waals surface area contributed by atoms with Gasteiger partial charge in [0, 0.05) is 6.54 Å². The average Bonchev–Trinajstić information content (AvgIpc) is 2.44. The van der Waals surface area contributed by atoms with E-state index in [0.717, 1.165) is 23.1 Å². The van der Waals surface area contributed by atoms with Gasteiger partial charge >= 0.3 is 0 Å². The Balaban J connectivity index is 2.19. The summed E-state index contributed by atoms with van der Waals surface area (Å²) in [7, 11) is 0. The number of hydrogen-bond acceptors (Lipinski definition) is 2. The molecule has 0 bridgehead atoms. The van der Waals surface area contributed by atoms with Gasteiger partial charge in [-0.1, -0.05) is 25.1 Å². The van der Waals surface area contributed by atoms with Crippen LogP contribution in [0.5, 0.6) is 11.5 Å². The molecule has 0 aliphatic heterocycles. The molecule has 2 nitrogen and oxygen atoms in total. The third kappa shape index (κ3) is 3.58. The monoisotopic (exact) mass is 337 g/mol. The molecule has 0 aliphatic rings. The van der Waals surface area contributed by atoms with E-state index in [9.17, 15) is 4.39 Å². The first kappa shape index (κ1) is 15.0. The molecule has 0 aliphatic carbocycles. The first-order valence-electron chi connectivity index (χ1n) is 6.54. The van der Waals surface area contributed by atoms with Gasteiger partial charge in [0.2, 0.25) is 0 Å². The Morgan fingerprint density at radius 3 is 2.70 bits per heavy atom. The maximum atomic E-state index is 13.9. The molecule has 1 N–H and O–H groups in total. The highest BCUT2D eigenvalue weighted by Crippen LogP contribution is 2.32.